The van der Waals surface area contributed by atoms with Crippen LogP contribution in [0.15, 0.2) is 104 Å². The molecule has 3 aromatic rings. The molecule has 2 aliphatic rings. The van der Waals surface area contributed by atoms with Crippen LogP contribution in [0.2, 0.25) is 0 Å². The van der Waals surface area contributed by atoms with Crippen LogP contribution in [0, 0.1) is 0 Å². The van der Waals surface area contributed by atoms with Gasteiger partial charge < -0.3 is 14.4 Å². The van der Waals surface area contributed by atoms with Crippen molar-refractivity contribution in [3.8, 4) is 0 Å². The number of benzene rings is 3. The highest BCUT2D eigenvalue weighted by molar-refractivity contribution is 6.02. The topological polar surface area (TPSA) is 76.2 Å². The molecule has 0 radical (unpaired) electrons. The SMILES string of the molecule is C=CC[C@]1(N2C(=O)OC[C@@H]2c2ccccc2)C(=O)N([C@@](C)(Cc2ccccc2)C(=O)OC(C)(C)C)[C@@H]1c1ccccc1. The maximum Gasteiger partial charge on any atom is 0.411 e. The number of nitrogens with zero attached hydrogens (tertiary/aromatic N) is 2. The van der Waals surface area contributed by atoms with Crippen molar-refractivity contribution < 1.29 is 23.9 Å². The molecule has 0 aromatic heterocycles. The fraction of sp³-hybridized carbons (Fsp3) is 0.343. The first kappa shape index (κ1) is 29.1. The van der Waals surface area contributed by atoms with Gasteiger partial charge in [-0.25, -0.2) is 9.59 Å². The number of likely N-dealkylation sites (tertiary alicyclic amines) is 1. The third kappa shape index (κ3) is 4.97. The highest BCUT2D eigenvalue weighted by Crippen LogP contribution is 2.56. The molecule has 2 aliphatic heterocycles. The third-order valence-corrected chi connectivity index (χ3v) is 8.12. The number of ether oxygens (including phenoxy) is 2. The van der Waals surface area contributed by atoms with Crippen molar-refractivity contribution >= 4 is 18.0 Å². The molecule has 42 heavy (non-hydrogen) atoms. The minimum atomic E-state index is -1.39. The van der Waals surface area contributed by atoms with Crippen LogP contribution in [0.3, 0.4) is 0 Å². The molecule has 218 valence electrons. The maximum atomic E-state index is 14.9. The van der Waals surface area contributed by atoms with Crippen molar-refractivity contribution in [2.75, 3.05) is 6.61 Å². The smallest absolute Gasteiger partial charge is 0.411 e. The van der Waals surface area contributed by atoms with Crippen LogP contribution in [-0.4, -0.2) is 51.1 Å². The summed E-state index contributed by atoms with van der Waals surface area (Å²) in [4.78, 5) is 45.8. The van der Waals surface area contributed by atoms with Crippen molar-refractivity contribution in [1.82, 2.24) is 9.80 Å². The Balaban J connectivity index is 1.69. The van der Waals surface area contributed by atoms with E-state index in [4.69, 9.17) is 9.47 Å². The van der Waals surface area contributed by atoms with Crippen LogP contribution in [0.1, 0.15) is 62.9 Å². The molecule has 0 unspecified atom stereocenters. The predicted molar refractivity (Wildman–Crippen MR) is 160 cm³/mol. The molecule has 0 aliphatic carbocycles. The molecule has 2 heterocycles. The molecule has 2 fully saturated rings. The lowest BCUT2D eigenvalue weighted by molar-refractivity contribution is -0.203. The molecule has 7 nitrogen and oxygen atoms in total. The van der Waals surface area contributed by atoms with E-state index >= 15 is 0 Å². The number of hydrogen-bond donors (Lipinski definition) is 0. The van der Waals surface area contributed by atoms with E-state index in [0.29, 0.717) is 0 Å². The number of amides is 2. The van der Waals surface area contributed by atoms with Gasteiger partial charge in [0.2, 0.25) is 0 Å². The van der Waals surface area contributed by atoms with Gasteiger partial charge in [-0.05, 0) is 50.8 Å². The number of β-lactam (4-membered cyclic amide) rings is 1. The van der Waals surface area contributed by atoms with Crippen molar-refractivity contribution in [1.29, 1.82) is 0 Å². The molecule has 5 rings (SSSR count). The summed E-state index contributed by atoms with van der Waals surface area (Å²) in [5.74, 6) is -0.857. The summed E-state index contributed by atoms with van der Waals surface area (Å²) in [6.07, 6.45) is 1.51. The first-order chi connectivity index (χ1) is 20.0. The minimum absolute atomic E-state index is 0.115. The Kier molecular flexibility index (Phi) is 7.71. The molecular formula is C35H38N2O5. The molecular weight excluding hydrogens is 528 g/mol. The summed E-state index contributed by atoms with van der Waals surface area (Å²) in [5.41, 5.74) is -0.979. The second-order valence-electron chi connectivity index (χ2n) is 12.2. The second kappa shape index (κ2) is 11.1. The van der Waals surface area contributed by atoms with Crippen LogP contribution in [0.5, 0.6) is 0 Å². The van der Waals surface area contributed by atoms with E-state index in [-0.39, 0.29) is 25.4 Å². The fourth-order valence-electron chi connectivity index (χ4n) is 6.33. The van der Waals surface area contributed by atoms with Crippen molar-refractivity contribution in [3.63, 3.8) is 0 Å². The Morgan fingerprint density at radius 3 is 2.02 bits per heavy atom. The van der Waals surface area contributed by atoms with Gasteiger partial charge in [-0.2, -0.15) is 0 Å². The minimum Gasteiger partial charge on any atom is -0.458 e. The number of esters is 1. The molecule has 2 amide bonds. The van der Waals surface area contributed by atoms with E-state index in [2.05, 4.69) is 6.58 Å². The summed E-state index contributed by atoms with van der Waals surface area (Å²) in [5, 5.41) is 0. The van der Waals surface area contributed by atoms with Gasteiger partial charge in [0.1, 0.15) is 17.7 Å². The van der Waals surface area contributed by atoms with Gasteiger partial charge in [0.25, 0.3) is 5.91 Å². The molecule has 4 atom stereocenters. The fourth-order valence-corrected chi connectivity index (χ4v) is 6.33. The Morgan fingerprint density at radius 1 is 0.929 bits per heavy atom. The summed E-state index contributed by atoms with van der Waals surface area (Å²) < 4.78 is 11.6. The lowest BCUT2D eigenvalue weighted by atomic mass is 9.67. The molecule has 2 saturated heterocycles. The predicted octanol–water partition coefficient (Wildman–Crippen LogP) is 6.42. The van der Waals surface area contributed by atoms with E-state index in [0.717, 1.165) is 16.7 Å². The average molecular weight is 567 g/mol. The van der Waals surface area contributed by atoms with Crippen LogP contribution < -0.4 is 0 Å². The monoisotopic (exact) mass is 566 g/mol. The van der Waals surface area contributed by atoms with Gasteiger partial charge in [0.05, 0.1) is 12.1 Å². The first-order valence-electron chi connectivity index (χ1n) is 14.3. The van der Waals surface area contributed by atoms with E-state index in [1.54, 1.807) is 22.8 Å². The normalized spacial score (nSPS) is 23.5. The van der Waals surface area contributed by atoms with E-state index < -0.39 is 40.8 Å². The largest absolute Gasteiger partial charge is 0.458 e. The Morgan fingerprint density at radius 2 is 1.48 bits per heavy atom. The quantitative estimate of drug-likeness (QED) is 0.170. The lowest BCUT2D eigenvalue weighted by Crippen LogP contribution is -2.81. The van der Waals surface area contributed by atoms with Crippen LogP contribution in [0.4, 0.5) is 4.79 Å². The number of carbonyl (C=O) groups is 3. The first-order valence-corrected chi connectivity index (χ1v) is 14.3. The maximum absolute atomic E-state index is 14.9. The van der Waals surface area contributed by atoms with Crippen LogP contribution >= 0.6 is 0 Å². The van der Waals surface area contributed by atoms with E-state index in [9.17, 15) is 14.4 Å². The van der Waals surface area contributed by atoms with Gasteiger partial charge in [0.15, 0.2) is 5.54 Å². The van der Waals surface area contributed by atoms with E-state index in [1.807, 2.05) is 112 Å². The summed E-state index contributed by atoms with van der Waals surface area (Å²) >= 11 is 0. The van der Waals surface area contributed by atoms with Crippen molar-refractivity contribution in [2.24, 2.45) is 0 Å². The highest BCUT2D eigenvalue weighted by Gasteiger charge is 2.72. The Labute approximate surface area is 247 Å². The van der Waals surface area contributed by atoms with Gasteiger partial charge >= 0.3 is 12.1 Å². The van der Waals surface area contributed by atoms with Crippen molar-refractivity contribution in [3.05, 3.63) is 120 Å². The second-order valence-corrected chi connectivity index (χ2v) is 12.2. The zero-order chi connectivity index (χ0) is 30.1. The number of carbonyl (C=O) groups excluding carboxylic acids is 3. The molecule has 7 heteroatoms. The zero-order valence-electron chi connectivity index (χ0n) is 24.7. The molecule has 0 spiro atoms. The van der Waals surface area contributed by atoms with Gasteiger partial charge in [-0.3, -0.25) is 9.69 Å². The average Bonchev–Trinajstić information content (AvgIpc) is 3.36. The highest BCUT2D eigenvalue weighted by atomic mass is 16.6. The Hall–Kier alpha value is -4.39. The number of rotatable bonds is 9. The molecule has 0 saturated carbocycles. The Bertz CT molecular complexity index is 1450. The van der Waals surface area contributed by atoms with Crippen LogP contribution in [-0.2, 0) is 25.5 Å². The number of hydrogen-bond acceptors (Lipinski definition) is 5. The third-order valence-electron chi connectivity index (χ3n) is 8.12. The van der Waals surface area contributed by atoms with E-state index in [1.165, 1.54) is 0 Å². The summed E-state index contributed by atoms with van der Waals surface area (Å²) in [6.45, 7) is 11.3. The lowest BCUT2D eigenvalue weighted by Gasteiger charge is -2.63. The molecule has 0 N–H and O–H groups in total. The van der Waals surface area contributed by atoms with Gasteiger partial charge in [-0.1, -0.05) is 97.1 Å². The zero-order valence-corrected chi connectivity index (χ0v) is 24.7. The molecule has 3 aromatic carbocycles. The van der Waals surface area contributed by atoms with Gasteiger partial charge in [-0.15, -0.1) is 6.58 Å². The number of cyclic esters (lactones) is 1. The summed E-state index contributed by atoms with van der Waals surface area (Å²) in [7, 11) is 0. The van der Waals surface area contributed by atoms with Gasteiger partial charge in [0, 0.05) is 6.42 Å². The standard InChI is InChI=1S/C35H38N2O5/c1-6-22-35(36-28(24-41-32(36)40)26-18-12-8-13-19-26)29(27-20-14-9-15-21-27)37(30(35)38)34(5,31(39)42-33(2,3)4)23-25-16-10-7-11-17-25/h6-21,28-29H,1,22-24H2,2-5H3/t28-,29-,34+,35-/m1/s1. The summed E-state index contributed by atoms with van der Waals surface area (Å²) in [6, 6.07) is 27.6. The van der Waals surface area contributed by atoms with Crippen LogP contribution in [0.25, 0.3) is 0 Å². The molecule has 0 bridgehead atoms. The van der Waals surface area contributed by atoms with Crippen molar-refractivity contribution in [2.45, 2.75) is 69.3 Å².